The van der Waals surface area contributed by atoms with Crippen LogP contribution in [0.2, 0.25) is 0 Å². The van der Waals surface area contributed by atoms with E-state index in [1.807, 2.05) is 0 Å². The normalized spacial score (nSPS) is 27.1. The number of hydrogen-bond acceptors (Lipinski definition) is 2. The molecule has 2 rings (SSSR count). The van der Waals surface area contributed by atoms with E-state index >= 15 is 0 Å². The molecule has 0 atom stereocenters. The van der Waals surface area contributed by atoms with Crippen LogP contribution in [0, 0.1) is 10.8 Å². The van der Waals surface area contributed by atoms with Crippen LogP contribution in [0.25, 0.3) is 0 Å². The summed E-state index contributed by atoms with van der Waals surface area (Å²) in [5, 5.41) is 17.8. The van der Waals surface area contributed by atoms with Crippen molar-refractivity contribution in [1.29, 1.82) is 0 Å². The highest BCUT2D eigenvalue weighted by atomic mass is 16.4. The van der Waals surface area contributed by atoms with Gasteiger partial charge in [0.05, 0.1) is 0 Å². The monoisotopic (exact) mass is 198 g/mol. The van der Waals surface area contributed by atoms with Gasteiger partial charge in [0, 0.05) is 0 Å². The summed E-state index contributed by atoms with van der Waals surface area (Å²) in [6.07, 6.45) is 4.94. The maximum atomic E-state index is 10.9. The fourth-order valence-corrected chi connectivity index (χ4v) is 3.10. The summed E-state index contributed by atoms with van der Waals surface area (Å²) in [4.78, 5) is 21.8. The third-order valence-corrected chi connectivity index (χ3v) is 3.84. The summed E-state index contributed by atoms with van der Waals surface area (Å²) in [6.45, 7) is 0. The van der Waals surface area contributed by atoms with Gasteiger partial charge in [0.25, 0.3) is 0 Å². The highest BCUT2D eigenvalue weighted by molar-refractivity contribution is 5.99. The van der Waals surface area contributed by atoms with E-state index in [0.29, 0.717) is 12.8 Å². The van der Waals surface area contributed by atoms with Gasteiger partial charge >= 0.3 is 11.9 Å². The van der Waals surface area contributed by atoms with Crippen LogP contribution >= 0.6 is 0 Å². The quantitative estimate of drug-likeness (QED) is 0.659. The second-order valence-electron chi connectivity index (χ2n) is 4.75. The maximum absolute atomic E-state index is 10.9. The molecule has 0 aromatic heterocycles. The van der Waals surface area contributed by atoms with Crippen molar-refractivity contribution in [2.45, 2.75) is 38.5 Å². The molecule has 0 amide bonds. The van der Waals surface area contributed by atoms with Gasteiger partial charge in [0.2, 0.25) is 0 Å². The lowest BCUT2D eigenvalue weighted by Crippen LogP contribution is -2.54. The van der Waals surface area contributed by atoms with E-state index in [9.17, 15) is 9.59 Å². The van der Waals surface area contributed by atoms with Gasteiger partial charge in [-0.2, -0.15) is 0 Å². The number of carbonyl (C=O) groups is 2. The number of rotatable bonds is 2. The minimum Gasteiger partial charge on any atom is -0.480 e. The van der Waals surface area contributed by atoms with Crippen LogP contribution in [0.3, 0.4) is 0 Å². The average molecular weight is 198 g/mol. The SMILES string of the molecule is O=C(O)C1(C(=O)O)CC2(CCCC2)C1. The predicted octanol–water partition coefficient (Wildman–Crippen LogP) is 1.50. The zero-order valence-corrected chi connectivity index (χ0v) is 7.95. The maximum Gasteiger partial charge on any atom is 0.321 e. The molecule has 4 nitrogen and oxygen atoms in total. The lowest BCUT2D eigenvalue weighted by Gasteiger charge is -2.49. The highest BCUT2D eigenvalue weighted by Gasteiger charge is 2.64. The molecule has 14 heavy (non-hydrogen) atoms. The van der Waals surface area contributed by atoms with Crippen molar-refractivity contribution in [2.75, 3.05) is 0 Å². The van der Waals surface area contributed by atoms with Gasteiger partial charge in [-0.1, -0.05) is 12.8 Å². The van der Waals surface area contributed by atoms with E-state index in [4.69, 9.17) is 10.2 Å². The van der Waals surface area contributed by atoms with E-state index in [2.05, 4.69) is 0 Å². The van der Waals surface area contributed by atoms with Crippen LogP contribution in [0.4, 0.5) is 0 Å². The summed E-state index contributed by atoms with van der Waals surface area (Å²) in [5.41, 5.74) is -1.42. The van der Waals surface area contributed by atoms with E-state index in [1.165, 1.54) is 0 Å². The zero-order chi connectivity index (χ0) is 10.4. The Morgan fingerprint density at radius 2 is 1.36 bits per heavy atom. The minimum atomic E-state index is -1.47. The van der Waals surface area contributed by atoms with Gasteiger partial charge in [-0.25, -0.2) is 0 Å². The second-order valence-corrected chi connectivity index (χ2v) is 4.75. The number of carboxylic acid groups (broad SMARTS) is 2. The summed E-state index contributed by atoms with van der Waals surface area (Å²) >= 11 is 0. The molecule has 4 heteroatoms. The molecule has 78 valence electrons. The smallest absolute Gasteiger partial charge is 0.321 e. The molecule has 0 saturated heterocycles. The molecule has 0 unspecified atom stereocenters. The number of carboxylic acids is 2. The van der Waals surface area contributed by atoms with E-state index in [1.54, 1.807) is 0 Å². The summed E-state index contributed by atoms with van der Waals surface area (Å²) in [6, 6.07) is 0. The van der Waals surface area contributed by atoms with Gasteiger partial charge in [0.15, 0.2) is 5.41 Å². The van der Waals surface area contributed by atoms with Crippen molar-refractivity contribution in [3.8, 4) is 0 Å². The molecule has 1 spiro atoms. The molecule has 0 radical (unpaired) electrons. The van der Waals surface area contributed by atoms with Crippen molar-refractivity contribution in [1.82, 2.24) is 0 Å². The molecule has 2 aliphatic carbocycles. The van der Waals surface area contributed by atoms with Crippen molar-refractivity contribution < 1.29 is 19.8 Å². The zero-order valence-electron chi connectivity index (χ0n) is 7.95. The molecule has 2 N–H and O–H groups in total. The largest absolute Gasteiger partial charge is 0.480 e. The Balaban J connectivity index is 2.14. The molecule has 0 aliphatic heterocycles. The molecule has 2 fully saturated rings. The molecule has 0 bridgehead atoms. The van der Waals surface area contributed by atoms with Gasteiger partial charge in [0.1, 0.15) is 0 Å². The Bertz CT molecular complexity index is 264. The Hall–Kier alpha value is -1.06. The third-order valence-electron chi connectivity index (χ3n) is 3.84. The van der Waals surface area contributed by atoms with E-state index in [0.717, 1.165) is 25.7 Å². The van der Waals surface area contributed by atoms with Gasteiger partial charge in [-0.15, -0.1) is 0 Å². The van der Waals surface area contributed by atoms with Crippen LogP contribution in [0.5, 0.6) is 0 Å². The Morgan fingerprint density at radius 3 is 1.71 bits per heavy atom. The van der Waals surface area contributed by atoms with Crippen molar-refractivity contribution >= 4 is 11.9 Å². The van der Waals surface area contributed by atoms with Gasteiger partial charge < -0.3 is 10.2 Å². The third kappa shape index (κ3) is 1.06. The second kappa shape index (κ2) is 2.72. The number of aliphatic carboxylic acids is 2. The predicted molar refractivity (Wildman–Crippen MR) is 47.8 cm³/mol. The molecule has 2 aliphatic rings. The summed E-state index contributed by atoms with van der Waals surface area (Å²) in [7, 11) is 0. The van der Waals surface area contributed by atoms with Crippen molar-refractivity contribution in [3.63, 3.8) is 0 Å². The van der Waals surface area contributed by atoms with E-state index < -0.39 is 17.4 Å². The molecular weight excluding hydrogens is 184 g/mol. The molecule has 0 heterocycles. The molecule has 0 aromatic carbocycles. The van der Waals surface area contributed by atoms with Crippen molar-refractivity contribution in [2.24, 2.45) is 10.8 Å². The fraction of sp³-hybridized carbons (Fsp3) is 0.800. The minimum absolute atomic E-state index is 0.0524. The van der Waals surface area contributed by atoms with Crippen LogP contribution in [-0.4, -0.2) is 22.2 Å². The van der Waals surface area contributed by atoms with Crippen LogP contribution < -0.4 is 0 Å². The lowest BCUT2D eigenvalue weighted by molar-refractivity contribution is -0.183. The lowest BCUT2D eigenvalue weighted by atomic mass is 9.52. The number of hydrogen-bond donors (Lipinski definition) is 2. The summed E-state index contributed by atoms with van der Waals surface area (Å²) < 4.78 is 0. The highest BCUT2D eigenvalue weighted by Crippen LogP contribution is 2.62. The topological polar surface area (TPSA) is 74.6 Å². The Kier molecular flexibility index (Phi) is 1.84. The molecule has 2 saturated carbocycles. The Labute approximate surface area is 81.9 Å². The average Bonchev–Trinajstić information content (AvgIpc) is 2.46. The first-order valence-corrected chi connectivity index (χ1v) is 4.98. The van der Waals surface area contributed by atoms with Crippen molar-refractivity contribution in [3.05, 3.63) is 0 Å². The first-order chi connectivity index (χ1) is 6.51. The Morgan fingerprint density at radius 1 is 0.929 bits per heavy atom. The first-order valence-electron chi connectivity index (χ1n) is 4.98. The van der Waals surface area contributed by atoms with Crippen LogP contribution in [-0.2, 0) is 9.59 Å². The molecule has 0 aromatic rings. The summed E-state index contributed by atoms with van der Waals surface area (Å²) in [5.74, 6) is -2.33. The standard InChI is InChI=1S/C10H14O4/c11-7(12)10(8(13)14)5-9(6-10)3-1-2-4-9/h1-6H2,(H,11,12)(H,13,14). The van der Waals surface area contributed by atoms with Gasteiger partial charge in [-0.05, 0) is 31.1 Å². The molecular formula is C10H14O4. The first kappa shape index (κ1) is 9.49. The van der Waals surface area contributed by atoms with Crippen LogP contribution in [0.15, 0.2) is 0 Å². The fourth-order valence-electron chi connectivity index (χ4n) is 3.10. The van der Waals surface area contributed by atoms with Gasteiger partial charge in [-0.3, -0.25) is 9.59 Å². The van der Waals surface area contributed by atoms with E-state index in [-0.39, 0.29) is 5.41 Å². The van der Waals surface area contributed by atoms with Crippen LogP contribution in [0.1, 0.15) is 38.5 Å².